The van der Waals surface area contributed by atoms with Crippen LogP contribution in [0.2, 0.25) is 0 Å². The molecule has 0 atom stereocenters. The van der Waals surface area contributed by atoms with Crippen molar-refractivity contribution in [3.8, 4) is 0 Å². The number of benzene rings is 1. The zero-order valence-electron chi connectivity index (χ0n) is 13.1. The highest BCUT2D eigenvalue weighted by Gasteiger charge is 2.02. The van der Waals surface area contributed by atoms with Crippen molar-refractivity contribution in [3.63, 3.8) is 0 Å². The highest BCUT2D eigenvalue weighted by molar-refractivity contribution is 14.0. The minimum absolute atomic E-state index is 0. The Kier molecular flexibility index (Phi) is 8.60. The average molecular weight is 495 g/mol. The van der Waals surface area contributed by atoms with Crippen molar-refractivity contribution in [3.05, 3.63) is 58.1 Å². The molecule has 0 aliphatic rings. The normalized spacial score (nSPS) is 11.0. The molecule has 0 saturated heterocycles. The number of aryl methyl sites for hydroxylation is 1. The summed E-state index contributed by atoms with van der Waals surface area (Å²) in [5.41, 5.74) is 2.01. The summed E-state index contributed by atoms with van der Waals surface area (Å²) in [6.07, 6.45) is 4.03. The summed E-state index contributed by atoms with van der Waals surface area (Å²) in [7, 11) is 1.98. The Morgan fingerprint density at radius 1 is 1.26 bits per heavy atom. The average Bonchev–Trinajstić information content (AvgIpc) is 2.91. The number of guanidine groups is 1. The van der Waals surface area contributed by atoms with E-state index >= 15 is 0 Å². The lowest BCUT2D eigenvalue weighted by Crippen LogP contribution is -2.36. The van der Waals surface area contributed by atoms with Crippen LogP contribution in [0.15, 0.2) is 46.1 Å². The van der Waals surface area contributed by atoms with Gasteiger partial charge < -0.3 is 15.2 Å². The topological polar surface area (TPSA) is 41.4 Å². The first-order valence-electron chi connectivity index (χ1n) is 7.15. The van der Waals surface area contributed by atoms with Gasteiger partial charge in [-0.05, 0) is 52.2 Å². The van der Waals surface area contributed by atoms with Crippen molar-refractivity contribution >= 4 is 45.9 Å². The van der Waals surface area contributed by atoms with Crippen molar-refractivity contribution < 1.29 is 4.39 Å². The number of nitrogens with one attached hydrogen (secondary N) is 2. The van der Waals surface area contributed by atoms with Crippen molar-refractivity contribution in [2.24, 2.45) is 12.0 Å². The van der Waals surface area contributed by atoms with Gasteiger partial charge in [0, 0.05) is 32.5 Å². The molecule has 0 unspecified atom stereocenters. The van der Waals surface area contributed by atoms with E-state index in [0.717, 1.165) is 23.6 Å². The molecule has 1 aromatic carbocycles. The first-order chi connectivity index (χ1) is 10.6. The number of aromatic nitrogens is 1. The maximum Gasteiger partial charge on any atom is 0.191 e. The van der Waals surface area contributed by atoms with Crippen LogP contribution in [0.3, 0.4) is 0 Å². The van der Waals surface area contributed by atoms with Gasteiger partial charge in [-0.1, -0.05) is 6.07 Å². The number of hydrogen-bond acceptors (Lipinski definition) is 1. The number of nitrogens with zero attached hydrogens (tertiary/aromatic N) is 2. The number of hydrogen-bond donors (Lipinski definition) is 2. The van der Waals surface area contributed by atoms with Gasteiger partial charge in [0.2, 0.25) is 0 Å². The van der Waals surface area contributed by atoms with Crippen molar-refractivity contribution in [1.29, 1.82) is 0 Å². The Hall–Kier alpha value is -1.09. The van der Waals surface area contributed by atoms with Crippen LogP contribution in [0.1, 0.15) is 18.1 Å². The van der Waals surface area contributed by atoms with Gasteiger partial charge >= 0.3 is 0 Å². The second-order valence-corrected chi connectivity index (χ2v) is 5.84. The van der Waals surface area contributed by atoms with Crippen LogP contribution in [0.25, 0.3) is 0 Å². The molecular weight excluding hydrogens is 474 g/mol. The molecule has 23 heavy (non-hydrogen) atoms. The first-order valence-corrected chi connectivity index (χ1v) is 7.94. The van der Waals surface area contributed by atoms with E-state index in [4.69, 9.17) is 0 Å². The summed E-state index contributed by atoms with van der Waals surface area (Å²) < 4.78 is 16.0. The Morgan fingerprint density at radius 2 is 2.04 bits per heavy atom. The fourth-order valence-corrected chi connectivity index (χ4v) is 2.25. The Bertz CT molecular complexity index is 657. The molecule has 0 spiro atoms. The molecule has 0 radical (unpaired) electrons. The molecule has 2 rings (SSSR count). The highest BCUT2D eigenvalue weighted by Crippen LogP contribution is 2.16. The molecule has 7 heteroatoms. The van der Waals surface area contributed by atoms with Gasteiger partial charge in [-0.2, -0.15) is 0 Å². The molecule has 0 bridgehead atoms. The van der Waals surface area contributed by atoms with Crippen molar-refractivity contribution in [2.45, 2.75) is 20.0 Å². The van der Waals surface area contributed by atoms with Gasteiger partial charge in [0.05, 0.1) is 11.0 Å². The number of rotatable bonds is 5. The lowest BCUT2D eigenvalue weighted by Gasteiger charge is -2.11. The van der Waals surface area contributed by atoms with Crippen LogP contribution >= 0.6 is 39.9 Å². The summed E-state index contributed by atoms with van der Waals surface area (Å²) in [6, 6.07) is 7.14. The molecule has 2 N–H and O–H groups in total. The predicted octanol–water partition coefficient (Wildman–Crippen LogP) is 3.80. The van der Waals surface area contributed by atoms with Crippen molar-refractivity contribution in [2.75, 3.05) is 6.54 Å². The molecular formula is C16H21BrFIN4. The van der Waals surface area contributed by atoms with Crippen LogP contribution in [-0.4, -0.2) is 17.1 Å². The molecule has 0 fully saturated rings. The van der Waals surface area contributed by atoms with Crippen LogP contribution in [0.4, 0.5) is 4.39 Å². The monoisotopic (exact) mass is 494 g/mol. The predicted molar refractivity (Wildman–Crippen MR) is 107 cm³/mol. The quantitative estimate of drug-likeness (QED) is 0.377. The van der Waals surface area contributed by atoms with Gasteiger partial charge in [-0.15, -0.1) is 24.0 Å². The second-order valence-electron chi connectivity index (χ2n) is 4.98. The van der Waals surface area contributed by atoms with Crippen LogP contribution in [0, 0.1) is 5.82 Å². The molecule has 0 aliphatic carbocycles. The Balaban J connectivity index is 0.00000264. The minimum Gasteiger partial charge on any atom is -0.357 e. The van der Waals surface area contributed by atoms with E-state index in [1.165, 1.54) is 6.07 Å². The maximum atomic E-state index is 13.5. The van der Waals surface area contributed by atoms with E-state index < -0.39 is 0 Å². The van der Waals surface area contributed by atoms with E-state index in [1.807, 2.05) is 43.1 Å². The van der Waals surface area contributed by atoms with E-state index in [1.54, 1.807) is 6.07 Å². The zero-order chi connectivity index (χ0) is 15.9. The largest absolute Gasteiger partial charge is 0.357 e. The molecule has 1 heterocycles. The van der Waals surface area contributed by atoms with Crippen LogP contribution in [-0.2, 0) is 20.1 Å². The third kappa shape index (κ3) is 6.50. The fourth-order valence-electron chi connectivity index (χ4n) is 2.00. The molecule has 0 amide bonds. The summed E-state index contributed by atoms with van der Waals surface area (Å²) in [6.45, 7) is 3.91. The van der Waals surface area contributed by atoms with Gasteiger partial charge in [0.1, 0.15) is 5.82 Å². The van der Waals surface area contributed by atoms with Crippen molar-refractivity contribution in [1.82, 2.24) is 15.2 Å². The first kappa shape index (κ1) is 20.0. The molecule has 126 valence electrons. The van der Waals surface area contributed by atoms with Gasteiger partial charge in [-0.3, -0.25) is 0 Å². The molecule has 1 aromatic heterocycles. The summed E-state index contributed by atoms with van der Waals surface area (Å²) >= 11 is 3.15. The Morgan fingerprint density at radius 3 is 2.65 bits per heavy atom. The number of halogens is 3. The van der Waals surface area contributed by atoms with Gasteiger partial charge in [-0.25, -0.2) is 9.38 Å². The standard InChI is InChI=1S/C16H20BrFN4.HI/c1-3-19-16(21-10-13-6-7-22(2)11-13)20-9-12-4-5-14(17)15(18)8-12;/h4-8,11H,3,9-10H2,1-2H3,(H2,19,20,21);1H. The summed E-state index contributed by atoms with van der Waals surface area (Å²) in [4.78, 5) is 4.53. The van der Waals surface area contributed by atoms with Crippen LogP contribution in [0.5, 0.6) is 0 Å². The molecule has 0 saturated carbocycles. The second kappa shape index (κ2) is 9.92. The molecule has 4 nitrogen and oxygen atoms in total. The maximum absolute atomic E-state index is 13.5. The Labute approximate surface area is 161 Å². The highest BCUT2D eigenvalue weighted by atomic mass is 127. The van der Waals surface area contributed by atoms with E-state index in [9.17, 15) is 4.39 Å². The third-order valence-electron chi connectivity index (χ3n) is 3.10. The van der Waals surface area contributed by atoms with E-state index in [2.05, 4.69) is 31.6 Å². The zero-order valence-corrected chi connectivity index (χ0v) is 17.1. The smallest absolute Gasteiger partial charge is 0.191 e. The van der Waals surface area contributed by atoms with E-state index in [0.29, 0.717) is 17.6 Å². The fraction of sp³-hybridized carbons (Fsp3) is 0.312. The van der Waals surface area contributed by atoms with E-state index in [-0.39, 0.29) is 29.8 Å². The summed E-state index contributed by atoms with van der Waals surface area (Å²) in [5.74, 6) is 0.459. The lowest BCUT2D eigenvalue weighted by molar-refractivity contribution is 0.617. The lowest BCUT2D eigenvalue weighted by atomic mass is 10.2. The van der Waals surface area contributed by atoms with Gasteiger partial charge in [0.25, 0.3) is 0 Å². The summed E-state index contributed by atoms with van der Waals surface area (Å²) in [5, 5.41) is 6.40. The molecule has 2 aromatic rings. The third-order valence-corrected chi connectivity index (χ3v) is 3.74. The van der Waals surface area contributed by atoms with Crippen LogP contribution < -0.4 is 10.6 Å². The SMILES string of the molecule is CCNC(=NCc1ccn(C)c1)NCc1ccc(Br)c(F)c1.I. The van der Waals surface area contributed by atoms with Gasteiger partial charge in [0.15, 0.2) is 5.96 Å². The minimum atomic E-state index is -0.259. The number of aliphatic imine (C=N–C) groups is 1. The molecule has 0 aliphatic heterocycles.